The Labute approximate surface area is 208 Å². The van der Waals surface area contributed by atoms with Gasteiger partial charge in [-0.2, -0.15) is 13.2 Å². The Kier molecular flexibility index (Phi) is 5.03. The third kappa shape index (κ3) is 3.71. The first-order chi connectivity index (χ1) is 17.5. The number of alkyl halides is 3. The highest BCUT2D eigenvalue weighted by atomic mass is 19.4. The summed E-state index contributed by atoms with van der Waals surface area (Å²) in [6, 6.07) is 1.91. The maximum atomic E-state index is 13.4. The van der Waals surface area contributed by atoms with Crippen LogP contribution in [0.1, 0.15) is 56.4 Å². The van der Waals surface area contributed by atoms with Gasteiger partial charge in [-0.3, -0.25) is 19.6 Å². The molecule has 3 aliphatic rings. The zero-order valence-corrected chi connectivity index (χ0v) is 19.7. The van der Waals surface area contributed by atoms with E-state index in [1.165, 1.54) is 11.2 Å². The third-order valence-corrected chi connectivity index (χ3v) is 7.72. The number of pyridine rings is 1. The van der Waals surface area contributed by atoms with Gasteiger partial charge in [-0.15, -0.1) is 0 Å². The van der Waals surface area contributed by atoms with Gasteiger partial charge in [-0.25, -0.2) is 14.8 Å². The fourth-order valence-corrected chi connectivity index (χ4v) is 5.91. The molecule has 2 aliphatic carbocycles. The number of aliphatic hydroxyl groups excluding tert-OH is 1. The van der Waals surface area contributed by atoms with Gasteiger partial charge < -0.3 is 14.8 Å². The number of amides is 3. The van der Waals surface area contributed by atoms with Crippen molar-refractivity contribution in [2.24, 2.45) is 0 Å². The molecule has 1 aliphatic heterocycles. The zero-order valence-electron chi connectivity index (χ0n) is 19.7. The van der Waals surface area contributed by atoms with Crippen LogP contribution in [0.15, 0.2) is 30.9 Å². The SMILES string of the molecule is CC(O)c1cc2c(OC34CCC(N5C(=O)CN(c6cncc(C(F)(F)F)c6)C5=O)(CC3)C4)ncnc2[nH]1. The second-order valence-corrected chi connectivity index (χ2v) is 10.1. The normalized spacial score (nSPS) is 26.5. The van der Waals surface area contributed by atoms with Gasteiger partial charge in [0.1, 0.15) is 24.1 Å². The molecule has 0 radical (unpaired) electrons. The lowest BCUT2D eigenvalue weighted by molar-refractivity contribution is -0.137. The summed E-state index contributed by atoms with van der Waals surface area (Å²) < 4.78 is 45.9. The molecule has 1 unspecified atom stereocenters. The molecule has 37 heavy (non-hydrogen) atoms. The van der Waals surface area contributed by atoms with Gasteiger partial charge in [0.25, 0.3) is 5.91 Å². The smallest absolute Gasteiger partial charge is 0.417 e. The number of aromatic nitrogens is 4. The van der Waals surface area contributed by atoms with Crippen molar-refractivity contribution in [3.63, 3.8) is 0 Å². The van der Waals surface area contributed by atoms with Crippen LogP contribution in [0.3, 0.4) is 0 Å². The van der Waals surface area contributed by atoms with Crippen molar-refractivity contribution in [3.05, 3.63) is 42.1 Å². The molecule has 1 saturated heterocycles. The number of fused-ring (bicyclic) bond motifs is 3. The number of carbonyl (C=O) groups is 2. The van der Waals surface area contributed by atoms with Gasteiger partial charge >= 0.3 is 12.2 Å². The number of H-pyrrole nitrogens is 1. The molecule has 0 spiro atoms. The van der Waals surface area contributed by atoms with Crippen molar-refractivity contribution in [2.45, 2.75) is 62.4 Å². The standard InChI is InChI=1S/C24H23F3N6O4/c1-13(34)17-7-16-19(31-17)29-12-30-20(16)37-23-4-2-22(11-23,3-5-23)33-18(35)10-32(21(33)36)15-6-14(8-28-9-15)24(25,26)27/h6-9,12-13,34H,2-5,10-11H2,1H3,(H,29,30,31). The van der Waals surface area contributed by atoms with E-state index < -0.39 is 40.9 Å². The second-order valence-electron chi connectivity index (χ2n) is 10.1. The van der Waals surface area contributed by atoms with Crippen LogP contribution in [0.4, 0.5) is 23.7 Å². The van der Waals surface area contributed by atoms with E-state index in [9.17, 15) is 27.9 Å². The number of ether oxygens (including phenoxy) is 1. The molecule has 3 fully saturated rings. The molecule has 6 rings (SSSR count). The van der Waals surface area contributed by atoms with E-state index in [0.717, 1.165) is 17.2 Å². The molecular weight excluding hydrogens is 493 g/mol. The lowest BCUT2D eigenvalue weighted by Gasteiger charge is -2.34. The Hall–Kier alpha value is -3.74. The molecule has 3 aromatic heterocycles. The first kappa shape index (κ1) is 23.6. The molecule has 1 atom stereocenters. The third-order valence-electron chi connectivity index (χ3n) is 7.72. The number of carbonyl (C=O) groups excluding carboxylic acids is 2. The van der Waals surface area contributed by atoms with E-state index in [0.29, 0.717) is 60.9 Å². The minimum Gasteiger partial charge on any atom is -0.470 e. The highest BCUT2D eigenvalue weighted by molar-refractivity contribution is 6.12. The fourth-order valence-electron chi connectivity index (χ4n) is 5.91. The Balaban J connectivity index is 1.25. The molecule has 2 N–H and O–H groups in total. The van der Waals surface area contributed by atoms with Crippen molar-refractivity contribution >= 4 is 28.7 Å². The number of nitrogens with one attached hydrogen (secondary N) is 1. The van der Waals surface area contributed by atoms with Crippen LogP contribution in [-0.4, -0.2) is 59.6 Å². The number of hydrogen-bond donors (Lipinski definition) is 2. The maximum absolute atomic E-state index is 13.4. The monoisotopic (exact) mass is 516 g/mol. The molecule has 4 heterocycles. The van der Waals surface area contributed by atoms with Crippen molar-refractivity contribution in [3.8, 4) is 5.88 Å². The lowest BCUT2D eigenvalue weighted by atomic mass is 9.91. The summed E-state index contributed by atoms with van der Waals surface area (Å²) in [5.41, 5.74) is -1.41. The van der Waals surface area contributed by atoms with Gasteiger partial charge in [0.05, 0.1) is 34.5 Å². The van der Waals surface area contributed by atoms with Crippen LogP contribution in [0.25, 0.3) is 11.0 Å². The minimum atomic E-state index is -4.62. The van der Waals surface area contributed by atoms with Crippen molar-refractivity contribution in [2.75, 3.05) is 11.4 Å². The number of rotatable bonds is 5. The highest BCUT2D eigenvalue weighted by Gasteiger charge is 2.63. The second kappa shape index (κ2) is 7.88. The van der Waals surface area contributed by atoms with Gasteiger partial charge in [0.15, 0.2) is 0 Å². The Morgan fingerprint density at radius 1 is 1.14 bits per heavy atom. The van der Waals surface area contributed by atoms with E-state index in [1.54, 1.807) is 13.0 Å². The molecular formula is C24H23F3N6O4. The Bertz CT molecular complexity index is 1410. The average molecular weight is 516 g/mol. The molecule has 3 amide bonds. The van der Waals surface area contributed by atoms with Crippen LogP contribution in [0.5, 0.6) is 5.88 Å². The van der Waals surface area contributed by atoms with Crippen LogP contribution in [-0.2, 0) is 11.0 Å². The minimum absolute atomic E-state index is 0.0738. The van der Waals surface area contributed by atoms with E-state index in [2.05, 4.69) is 19.9 Å². The Morgan fingerprint density at radius 2 is 1.89 bits per heavy atom. The maximum Gasteiger partial charge on any atom is 0.417 e. The number of hydrogen-bond acceptors (Lipinski definition) is 7. The van der Waals surface area contributed by atoms with Crippen molar-refractivity contribution in [1.82, 2.24) is 24.8 Å². The summed E-state index contributed by atoms with van der Waals surface area (Å²) in [4.78, 5) is 43.9. The van der Waals surface area contributed by atoms with Crippen molar-refractivity contribution in [1.29, 1.82) is 0 Å². The van der Waals surface area contributed by atoms with Crippen LogP contribution < -0.4 is 9.64 Å². The number of urea groups is 1. The van der Waals surface area contributed by atoms with Gasteiger partial charge in [0, 0.05) is 18.3 Å². The fraction of sp³-hybridized carbons (Fsp3) is 0.458. The van der Waals surface area contributed by atoms with Crippen LogP contribution in [0, 0.1) is 0 Å². The summed E-state index contributed by atoms with van der Waals surface area (Å²) in [6.07, 6.45) is 0.421. The quantitative estimate of drug-likeness (QED) is 0.495. The van der Waals surface area contributed by atoms with Gasteiger partial charge in [-0.05, 0) is 44.7 Å². The lowest BCUT2D eigenvalue weighted by Crippen LogP contribution is -2.49. The van der Waals surface area contributed by atoms with E-state index in [-0.39, 0.29) is 12.2 Å². The molecule has 10 nitrogen and oxygen atoms in total. The highest BCUT2D eigenvalue weighted by Crippen LogP contribution is 2.56. The number of aromatic amines is 1. The molecule has 194 valence electrons. The molecule has 0 aromatic carbocycles. The van der Waals surface area contributed by atoms with Crippen molar-refractivity contribution < 1.29 is 32.6 Å². The first-order valence-corrected chi connectivity index (χ1v) is 11.9. The summed E-state index contributed by atoms with van der Waals surface area (Å²) in [7, 11) is 0. The topological polar surface area (TPSA) is 125 Å². The van der Waals surface area contributed by atoms with Crippen LogP contribution >= 0.6 is 0 Å². The largest absolute Gasteiger partial charge is 0.470 e. The zero-order chi connectivity index (χ0) is 26.2. The summed E-state index contributed by atoms with van der Waals surface area (Å²) in [6.45, 7) is 1.28. The van der Waals surface area contributed by atoms with Gasteiger partial charge in [0.2, 0.25) is 5.88 Å². The number of nitrogens with zero attached hydrogens (tertiary/aromatic N) is 5. The van der Waals surface area contributed by atoms with E-state index in [1.807, 2.05) is 0 Å². The first-order valence-electron chi connectivity index (χ1n) is 11.9. The van der Waals surface area contributed by atoms with Crippen LogP contribution in [0.2, 0.25) is 0 Å². The number of anilines is 1. The number of aliphatic hydroxyl groups is 1. The predicted octanol–water partition coefficient (Wildman–Crippen LogP) is 3.73. The molecule has 2 saturated carbocycles. The van der Waals surface area contributed by atoms with Gasteiger partial charge in [-0.1, -0.05) is 0 Å². The number of halogens is 3. The number of imide groups is 1. The average Bonchev–Trinajstić information content (AvgIpc) is 3.60. The predicted molar refractivity (Wildman–Crippen MR) is 123 cm³/mol. The molecule has 2 bridgehead atoms. The summed E-state index contributed by atoms with van der Waals surface area (Å²) in [5, 5.41) is 10.5. The van der Waals surface area contributed by atoms with E-state index >= 15 is 0 Å². The Morgan fingerprint density at radius 3 is 2.59 bits per heavy atom. The molecule has 13 heteroatoms. The molecule has 3 aromatic rings. The summed E-state index contributed by atoms with van der Waals surface area (Å²) in [5.74, 6) is -0.113. The summed E-state index contributed by atoms with van der Waals surface area (Å²) >= 11 is 0. The van der Waals surface area contributed by atoms with E-state index in [4.69, 9.17) is 4.74 Å².